The lowest BCUT2D eigenvalue weighted by Gasteiger charge is -2.36. The molecule has 2 heterocycles. The van der Waals surface area contributed by atoms with Crippen molar-refractivity contribution in [2.75, 3.05) is 11.5 Å². The van der Waals surface area contributed by atoms with Crippen molar-refractivity contribution in [3.05, 3.63) is 22.4 Å². The van der Waals surface area contributed by atoms with Crippen molar-refractivity contribution in [3.63, 3.8) is 0 Å². The summed E-state index contributed by atoms with van der Waals surface area (Å²) >= 11 is 1.65. The number of carbonyl (C=O) groups is 1. The molecule has 0 bridgehead atoms. The van der Waals surface area contributed by atoms with Crippen LogP contribution in [0.1, 0.15) is 50.5 Å². The molecule has 1 aromatic rings. The number of urea groups is 1. The molecular formula is C17H26N2O3S2. The lowest BCUT2D eigenvalue weighted by atomic mass is 9.94. The van der Waals surface area contributed by atoms with E-state index >= 15 is 0 Å². The summed E-state index contributed by atoms with van der Waals surface area (Å²) in [5.74, 6) is 0.373. The molecular weight excluding hydrogens is 344 g/mol. The second kappa shape index (κ2) is 7.87. The SMILES string of the molecule is O=C(NC1CCS(=O)(=O)CC1)N(Cc1ccsc1)C1CCCCC1. The molecule has 1 saturated heterocycles. The van der Waals surface area contributed by atoms with Crippen LogP contribution in [0.25, 0.3) is 0 Å². The summed E-state index contributed by atoms with van der Waals surface area (Å²) in [6.45, 7) is 0.644. The van der Waals surface area contributed by atoms with Crippen LogP contribution in [0.3, 0.4) is 0 Å². The van der Waals surface area contributed by atoms with Crippen molar-refractivity contribution < 1.29 is 13.2 Å². The summed E-state index contributed by atoms with van der Waals surface area (Å²) < 4.78 is 23.1. The maximum atomic E-state index is 12.9. The molecule has 0 aromatic carbocycles. The lowest BCUT2D eigenvalue weighted by molar-refractivity contribution is 0.147. The largest absolute Gasteiger partial charge is 0.335 e. The minimum atomic E-state index is -2.90. The number of thiophene rings is 1. The van der Waals surface area contributed by atoms with Crippen LogP contribution < -0.4 is 5.32 Å². The van der Waals surface area contributed by atoms with Crippen LogP contribution in [0, 0.1) is 0 Å². The van der Waals surface area contributed by atoms with Gasteiger partial charge in [-0.05, 0) is 48.1 Å². The van der Waals surface area contributed by atoms with Crippen LogP contribution in [0.15, 0.2) is 16.8 Å². The van der Waals surface area contributed by atoms with Crippen molar-refractivity contribution in [2.45, 2.75) is 63.6 Å². The van der Waals surface area contributed by atoms with Gasteiger partial charge in [-0.3, -0.25) is 0 Å². The van der Waals surface area contributed by atoms with Gasteiger partial charge in [0.15, 0.2) is 0 Å². The minimum Gasteiger partial charge on any atom is -0.335 e. The van der Waals surface area contributed by atoms with Crippen molar-refractivity contribution in [2.24, 2.45) is 0 Å². The molecule has 0 spiro atoms. The number of rotatable bonds is 4. The number of nitrogens with one attached hydrogen (secondary N) is 1. The van der Waals surface area contributed by atoms with Crippen LogP contribution in [-0.2, 0) is 16.4 Å². The molecule has 7 heteroatoms. The van der Waals surface area contributed by atoms with E-state index in [9.17, 15) is 13.2 Å². The van der Waals surface area contributed by atoms with Crippen molar-refractivity contribution >= 4 is 27.2 Å². The minimum absolute atomic E-state index is 0.0189. The first-order chi connectivity index (χ1) is 11.5. The molecule has 1 aromatic heterocycles. The highest BCUT2D eigenvalue weighted by Gasteiger charge is 2.29. The quantitative estimate of drug-likeness (QED) is 0.885. The fourth-order valence-corrected chi connectivity index (χ4v) is 5.78. The van der Waals surface area contributed by atoms with Crippen LogP contribution in [-0.4, -0.2) is 42.9 Å². The summed E-state index contributed by atoms with van der Waals surface area (Å²) in [4.78, 5) is 14.8. The molecule has 3 rings (SSSR count). The second-order valence-corrected chi connectivity index (χ2v) is 10.0. The number of amides is 2. The third kappa shape index (κ3) is 4.72. The van der Waals surface area contributed by atoms with E-state index in [0.29, 0.717) is 25.4 Å². The van der Waals surface area contributed by atoms with Gasteiger partial charge >= 0.3 is 6.03 Å². The third-order valence-electron chi connectivity index (χ3n) is 5.09. The van der Waals surface area contributed by atoms with E-state index in [1.165, 1.54) is 24.8 Å². The number of hydrogen-bond donors (Lipinski definition) is 1. The molecule has 5 nitrogen and oxygen atoms in total. The van der Waals surface area contributed by atoms with E-state index in [1.54, 1.807) is 11.3 Å². The monoisotopic (exact) mass is 370 g/mol. The molecule has 24 heavy (non-hydrogen) atoms. The maximum Gasteiger partial charge on any atom is 0.318 e. The van der Waals surface area contributed by atoms with Gasteiger partial charge in [-0.2, -0.15) is 11.3 Å². The smallest absolute Gasteiger partial charge is 0.318 e. The standard InChI is InChI=1S/C17H26N2O3S2/c20-17(18-15-7-10-24(21,22)11-8-15)19(12-14-6-9-23-13-14)16-4-2-1-3-5-16/h6,9,13,15-16H,1-5,7-8,10-12H2,(H,18,20). The van der Waals surface area contributed by atoms with Crippen molar-refractivity contribution in [1.29, 1.82) is 0 Å². The Hall–Kier alpha value is -1.08. The topological polar surface area (TPSA) is 66.5 Å². The van der Waals surface area contributed by atoms with Gasteiger partial charge in [-0.25, -0.2) is 13.2 Å². The first-order valence-electron chi connectivity index (χ1n) is 8.82. The van der Waals surface area contributed by atoms with Gasteiger partial charge in [0.1, 0.15) is 9.84 Å². The predicted molar refractivity (Wildman–Crippen MR) is 96.9 cm³/mol. The van der Waals surface area contributed by atoms with E-state index in [2.05, 4.69) is 16.8 Å². The molecule has 0 atom stereocenters. The lowest BCUT2D eigenvalue weighted by Crippen LogP contribution is -2.51. The Bertz CT molecular complexity index is 623. The summed E-state index contributed by atoms with van der Waals surface area (Å²) in [6, 6.07) is 2.32. The van der Waals surface area contributed by atoms with Crippen LogP contribution in [0.2, 0.25) is 0 Å². The highest BCUT2D eigenvalue weighted by molar-refractivity contribution is 7.91. The highest BCUT2D eigenvalue weighted by Crippen LogP contribution is 2.25. The summed E-state index contributed by atoms with van der Waals surface area (Å²) in [5, 5.41) is 7.23. The molecule has 2 amide bonds. The molecule has 2 fully saturated rings. The Kier molecular flexibility index (Phi) is 5.81. The Morgan fingerprint density at radius 1 is 1.17 bits per heavy atom. The average molecular weight is 371 g/mol. The fraction of sp³-hybridized carbons (Fsp3) is 0.706. The van der Waals surface area contributed by atoms with Gasteiger partial charge in [0.25, 0.3) is 0 Å². The molecule has 0 radical (unpaired) electrons. The van der Waals surface area contributed by atoms with Crippen LogP contribution in [0.5, 0.6) is 0 Å². The Morgan fingerprint density at radius 2 is 1.88 bits per heavy atom. The average Bonchev–Trinajstić information content (AvgIpc) is 3.08. The number of sulfone groups is 1. The second-order valence-electron chi connectivity index (χ2n) is 6.93. The van der Waals surface area contributed by atoms with Gasteiger partial charge in [0.05, 0.1) is 11.5 Å². The summed E-state index contributed by atoms with van der Waals surface area (Å²) in [5.41, 5.74) is 1.17. The molecule has 1 aliphatic carbocycles. The molecule has 1 N–H and O–H groups in total. The maximum absolute atomic E-state index is 12.9. The van der Waals surface area contributed by atoms with E-state index in [-0.39, 0.29) is 23.6 Å². The Labute approximate surface area is 148 Å². The van der Waals surface area contributed by atoms with Gasteiger partial charge in [0.2, 0.25) is 0 Å². The van der Waals surface area contributed by atoms with Gasteiger partial charge in [-0.1, -0.05) is 19.3 Å². The highest BCUT2D eigenvalue weighted by atomic mass is 32.2. The van der Waals surface area contributed by atoms with Crippen molar-refractivity contribution in [1.82, 2.24) is 10.2 Å². The fourth-order valence-electron chi connectivity index (χ4n) is 3.63. The van der Waals surface area contributed by atoms with E-state index in [4.69, 9.17) is 0 Å². The predicted octanol–water partition coefficient (Wildman–Crippen LogP) is 3.17. The zero-order valence-electron chi connectivity index (χ0n) is 13.9. The van der Waals surface area contributed by atoms with Gasteiger partial charge < -0.3 is 10.2 Å². The van der Waals surface area contributed by atoms with E-state index in [1.807, 2.05) is 10.3 Å². The van der Waals surface area contributed by atoms with Crippen LogP contribution in [0.4, 0.5) is 4.79 Å². The molecule has 1 saturated carbocycles. The molecule has 0 unspecified atom stereocenters. The first kappa shape index (κ1) is 17.7. The Morgan fingerprint density at radius 3 is 2.50 bits per heavy atom. The number of hydrogen-bond acceptors (Lipinski definition) is 4. The van der Waals surface area contributed by atoms with Crippen LogP contribution >= 0.6 is 11.3 Å². The zero-order chi connectivity index (χ0) is 17.0. The normalized spacial score (nSPS) is 22.2. The molecule has 1 aliphatic heterocycles. The summed E-state index contributed by atoms with van der Waals surface area (Å²) in [7, 11) is -2.90. The summed E-state index contributed by atoms with van der Waals surface area (Å²) in [6.07, 6.45) is 6.81. The first-order valence-corrected chi connectivity index (χ1v) is 11.6. The van der Waals surface area contributed by atoms with E-state index < -0.39 is 9.84 Å². The molecule has 2 aliphatic rings. The zero-order valence-corrected chi connectivity index (χ0v) is 15.6. The van der Waals surface area contributed by atoms with Gasteiger partial charge in [-0.15, -0.1) is 0 Å². The van der Waals surface area contributed by atoms with E-state index in [0.717, 1.165) is 12.8 Å². The Balaban J connectivity index is 1.64. The number of carbonyl (C=O) groups excluding carboxylic acids is 1. The molecule has 134 valence electrons. The van der Waals surface area contributed by atoms with Gasteiger partial charge in [0, 0.05) is 18.6 Å². The van der Waals surface area contributed by atoms with Crippen molar-refractivity contribution in [3.8, 4) is 0 Å². The number of nitrogens with zero attached hydrogens (tertiary/aromatic N) is 1. The third-order valence-corrected chi connectivity index (χ3v) is 7.54.